The molecule has 0 bridgehead atoms. The lowest BCUT2D eigenvalue weighted by Gasteiger charge is -2.35. The number of nitrogens with one attached hydrogen (secondary N) is 1. The number of carbonyl (C=O) groups is 1. The van der Waals surface area contributed by atoms with Crippen molar-refractivity contribution in [1.82, 2.24) is 10.2 Å². The van der Waals surface area contributed by atoms with Crippen LogP contribution in [0.4, 0.5) is 0 Å². The van der Waals surface area contributed by atoms with E-state index in [4.69, 9.17) is 0 Å². The highest BCUT2D eigenvalue weighted by molar-refractivity contribution is 8.00. The Morgan fingerprint density at radius 2 is 2.00 bits per heavy atom. The first-order chi connectivity index (χ1) is 8.60. The fourth-order valence-electron chi connectivity index (χ4n) is 2.55. The third-order valence-corrected chi connectivity index (χ3v) is 5.05. The van der Waals surface area contributed by atoms with E-state index < -0.39 is 0 Å². The summed E-state index contributed by atoms with van der Waals surface area (Å²) in [6.07, 6.45) is 2.29. The molecule has 0 aliphatic carbocycles. The molecule has 106 valence electrons. The molecule has 1 aliphatic heterocycles. The van der Waals surface area contributed by atoms with Crippen molar-refractivity contribution in [2.24, 2.45) is 11.8 Å². The van der Waals surface area contributed by atoms with E-state index in [1.165, 1.54) is 0 Å². The number of carbonyl (C=O) groups excluding carboxylic acids is 1. The molecule has 1 saturated heterocycles. The number of nitrogens with zero attached hydrogens (tertiary/aromatic N) is 1. The Labute approximate surface area is 116 Å². The van der Waals surface area contributed by atoms with E-state index in [9.17, 15) is 4.79 Å². The fraction of sp³-hybridized carbons (Fsp3) is 0.929. The lowest BCUT2D eigenvalue weighted by atomic mass is 9.96. The van der Waals surface area contributed by atoms with Crippen LogP contribution in [0.1, 0.15) is 33.6 Å². The van der Waals surface area contributed by atoms with Crippen LogP contribution in [0.2, 0.25) is 0 Å². The molecule has 0 aromatic carbocycles. The summed E-state index contributed by atoms with van der Waals surface area (Å²) in [7, 11) is 2.00. The minimum Gasteiger partial charge on any atom is -0.342 e. The third-order valence-electron chi connectivity index (χ3n) is 3.61. The van der Waals surface area contributed by atoms with Crippen LogP contribution < -0.4 is 5.32 Å². The van der Waals surface area contributed by atoms with Gasteiger partial charge >= 0.3 is 0 Å². The summed E-state index contributed by atoms with van der Waals surface area (Å²) in [6.45, 7) is 9.40. The van der Waals surface area contributed by atoms with Gasteiger partial charge in [-0.3, -0.25) is 4.79 Å². The zero-order valence-electron chi connectivity index (χ0n) is 12.2. The molecule has 0 spiro atoms. The zero-order valence-corrected chi connectivity index (χ0v) is 13.1. The Balaban J connectivity index is 2.47. The van der Waals surface area contributed by atoms with Gasteiger partial charge in [0.1, 0.15) is 0 Å². The Hall–Kier alpha value is -0.220. The largest absolute Gasteiger partial charge is 0.342 e. The Morgan fingerprint density at radius 1 is 1.39 bits per heavy atom. The van der Waals surface area contributed by atoms with Gasteiger partial charge in [-0.2, -0.15) is 0 Å². The number of likely N-dealkylation sites (tertiary alicyclic amines) is 1. The van der Waals surface area contributed by atoms with Crippen molar-refractivity contribution in [3.8, 4) is 0 Å². The van der Waals surface area contributed by atoms with Crippen molar-refractivity contribution in [2.75, 3.05) is 32.4 Å². The molecule has 4 heteroatoms. The number of rotatable bonds is 6. The van der Waals surface area contributed by atoms with E-state index in [1.54, 1.807) is 11.8 Å². The molecule has 1 aliphatic rings. The quantitative estimate of drug-likeness (QED) is 0.805. The topological polar surface area (TPSA) is 32.3 Å². The normalized spacial score (nSPS) is 19.3. The minimum absolute atomic E-state index is 0.149. The molecule has 1 rings (SSSR count). The van der Waals surface area contributed by atoms with E-state index >= 15 is 0 Å². The predicted octanol–water partition coefficient (Wildman–Crippen LogP) is 2.22. The summed E-state index contributed by atoms with van der Waals surface area (Å²) in [5.41, 5.74) is 0. The lowest BCUT2D eigenvalue weighted by molar-refractivity contribution is -0.132. The van der Waals surface area contributed by atoms with Gasteiger partial charge in [-0.15, -0.1) is 11.8 Å². The van der Waals surface area contributed by atoms with Crippen LogP contribution in [0.15, 0.2) is 0 Å². The number of hydrogen-bond acceptors (Lipinski definition) is 3. The summed E-state index contributed by atoms with van der Waals surface area (Å²) >= 11 is 1.79. The summed E-state index contributed by atoms with van der Waals surface area (Å²) in [5, 5.41) is 3.38. The first kappa shape index (κ1) is 15.8. The van der Waals surface area contributed by atoms with E-state index in [2.05, 4.69) is 31.0 Å². The van der Waals surface area contributed by atoms with Crippen LogP contribution in [0.5, 0.6) is 0 Å². The van der Waals surface area contributed by atoms with Gasteiger partial charge in [-0.1, -0.05) is 20.8 Å². The van der Waals surface area contributed by atoms with Crippen molar-refractivity contribution >= 4 is 17.7 Å². The van der Waals surface area contributed by atoms with E-state index in [-0.39, 0.29) is 5.25 Å². The second-order valence-corrected chi connectivity index (χ2v) is 6.86. The van der Waals surface area contributed by atoms with Crippen molar-refractivity contribution < 1.29 is 4.79 Å². The van der Waals surface area contributed by atoms with Gasteiger partial charge < -0.3 is 10.2 Å². The van der Waals surface area contributed by atoms with Crippen LogP contribution in [-0.4, -0.2) is 48.5 Å². The fourth-order valence-corrected chi connectivity index (χ4v) is 3.59. The van der Waals surface area contributed by atoms with E-state index in [0.717, 1.165) is 44.1 Å². The highest BCUT2D eigenvalue weighted by atomic mass is 32.2. The van der Waals surface area contributed by atoms with Gasteiger partial charge in [0.15, 0.2) is 0 Å². The van der Waals surface area contributed by atoms with Crippen LogP contribution in [0.3, 0.4) is 0 Å². The van der Waals surface area contributed by atoms with Crippen molar-refractivity contribution in [3.63, 3.8) is 0 Å². The summed E-state index contributed by atoms with van der Waals surface area (Å²) < 4.78 is 0. The molecule has 18 heavy (non-hydrogen) atoms. The van der Waals surface area contributed by atoms with Gasteiger partial charge in [0.2, 0.25) is 5.91 Å². The summed E-state index contributed by atoms with van der Waals surface area (Å²) in [5.74, 6) is 2.55. The molecule has 0 aromatic heterocycles. The number of hydrogen-bond donors (Lipinski definition) is 1. The highest BCUT2D eigenvalue weighted by Crippen LogP contribution is 2.24. The molecule has 0 saturated carbocycles. The SMILES string of the molecule is CCSC(C(=O)N1CCC(CNC)CC1)C(C)C. The minimum atomic E-state index is 0.149. The highest BCUT2D eigenvalue weighted by Gasteiger charge is 2.29. The third kappa shape index (κ3) is 4.47. The van der Waals surface area contributed by atoms with Crippen LogP contribution in [0.25, 0.3) is 0 Å². The van der Waals surface area contributed by atoms with Crippen molar-refractivity contribution in [1.29, 1.82) is 0 Å². The maximum atomic E-state index is 12.5. The Kier molecular flexibility index (Phi) is 7.08. The average Bonchev–Trinajstić information content (AvgIpc) is 2.36. The van der Waals surface area contributed by atoms with Gasteiger partial charge in [0, 0.05) is 13.1 Å². The van der Waals surface area contributed by atoms with Crippen LogP contribution >= 0.6 is 11.8 Å². The molecule has 0 radical (unpaired) electrons. The molecule has 1 N–H and O–H groups in total. The average molecular weight is 272 g/mol. The number of amides is 1. The molecule has 1 unspecified atom stereocenters. The zero-order chi connectivity index (χ0) is 13.5. The molecule has 1 heterocycles. The molecule has 1 atom stereocenters. The second kappa shape index (κ2) is 8.05. The van der Waals surface area contributed by atoms with Gasteiger partial charge in [-0.25, -0.2) is 0 Å². The van der Waals surface area contributed by atoms with Gasteiger partial charge in [0.05, 0.1) is 5.25 Å². The number of thioether (sulfide) groups is 1. The first-order valence-electron chi connectivity index (χ1n) is 7.15. The monoisotopic (exact) mass is 272 g/mol. The molecule has 1 amide bonds. The molecule has 3 nitrogen and oxygen atoms in total. The molecule has 0 aromatic rings. The Morgan fingerprint density at radius 3 is 2.44 bits per heavy atom. The maximum absolute atomic E-state index is 12.5. The van der Waals surface area contributed by atoms with Gasteiger partial charge in [0.25, 0.3) is 0 Å². The predicted molar refractivity (Wildman–Crippen MR) is 80.0 cm³/mol. The van der Waals surface area contributed by atoms with Crippen molar-refractivity contribution in [2.45, 2.75) is 38.9 Å². The molecule has 1 fully saturated rings. The van der Waals surface area contributed by atoms with Gasteiger partial charge in [-0.05, 0) is 44.0 Å². The summed E-state index contributed by atoms with van der Waals surface area (Å²) in [4.78, 5) is 14.6. The lowest BCUT2D eigenvalue weighted by Crippen LogP contribution is -2.45. The van der Waals surface area contributed by atoms with Crippen molar-refractivity contribution in [3.05, 3.63) is 0 Å². The molecular weight excluding hydrogens is 244 g/mol. The van der Waals surface area contributed by atoms with Crippen LogP contribution in [-0.2, 0) is 4.79 Å². The van der Waals surface area contributed by atoms with E-state index in [0.29, 0.717) is 11.8 Å². The maximum Gasteiger partial charge on any atom is 0.235 e. The smallest absolute Gasteiger partial charge is 0.235 e. The Bertz CT molecular complexity index is 250. The second-order valence-electron chi connectivity index (χ2n) is 5.45. The number of piperidine rings is 1. The van der Waals surface area contributed by atoms with Crippen LogP contribution in [0, 0.1) is 11.8 Å². The standard InChI is InChI=1S/C14H28N2OS/c1-5-18-13(11(2)3)14(17)16-8-6-12(7-9-16)10-15-4/h11-13,15H,5-10H2,1-4H3. The summed E-state index contributed by atoms with van der Waals surface area (Å²) in [6, 6.07) is 0. The first-order valence-corrected chi connectivity index (χ1v) is 8.20. The van der Waals surface area contributed by atoms with E-state index in [1.807, 2.05) is 7.05 Å². The molecular formula is C14H28N2OS.